The summed E-state index contributed by atoms with van der Waals surface area (Å²) in [6.07, 6.45) is 0. The Hall–Kier alpha value is -7.42. The summed E-state index contributed by atoms with van der Waals surface area (Å²) in [4.78, 5) is 0. The first-order valence-corrected chi connectivity index (χ1v) is 19.4. The van der Waals surface area contributed by atoms with Crippen LogP contribution < -0.4 is 0 Å². The Morgan fingerprint density at radius 1 is 0.196 bits per heavy atom. The summed E-state index contributed by atoms with van der Waals surface area (Å²) in [5.74, 6) is 0. The van der Waals surface area contributed by atoms with E-state index in [4.69, 9.17) is 0 Å². The van der Waals surface area contributed by atoms with Gasteiger partial charge in [0, 0.05) is 43.1 Å². The molecule has 0 aliphatic rings. The average molecular weight is 709 g/mol. The monoisotopic (exact) mass is 708 g/mol. The van der Waals surface area contributed by atoms with Gasteiger partial charge in [-0.2, -0.15) is 0 Å². The van der Waals surface area contributed by atoms with E-state index < -0.39 is 0 Å². The lowest BCUT2D eigenvalue weighted by Gasteiger charge is -2.07. The number of hydrogen-bond acceptors (Lipinski definition) is 0. The zero-order valence-corrected chi connectivity index (χ0v) is 30.4. The molecular weight excluding hydrogens is 677 g/mol. The molecule has 0 N–H and O–H groups in total. The molecule has 0 spiro atoms. The van der Waals surface area contributed by atoms with Crippen LogP contribution in [0.1, 0.15) is 0 Å². The molecule has 0 bridgehead atoms. The largest absolute Gasteiger partial charge is 0.308 e. The molecule has 13 rings (SSSR count). The molecule has 2 heteroatoms. The van der Waals surface area contributed by atoms with Gasteiger partial charge in [0.1, 0.15) is 0 Å². The Kier molecular flexibility index (Phi) is 5.92. The minimum Gasteiger partial charge on any atom is -0.308 e. The van der Waals surface area contributed by atoms with Crippen LogP contribution in [0.25, 0.3) is 121 Å². The molecule has 258 valence electrons. The smallest absolute Gasteiger partial charge is 0.0620 e. The molecule has 0 saturated heterocycles. The molecule has 9 aromatic carbocycles. The van der Waals surface area contributed by atoms with Crippen LogP contribution in [0.15, 0.2) is 194 Å². The zero-order chi connectivity index (χ0) is 36.5. The standard InChI is InChI=1S/C54H32N2/c1-5-13-33(14-6-1)37-21-23-49-41(25-37)45-27-39(35-17-9-3-10-18-35)29-47-43-32-52-44(31-51(43)55(49)53(45)47)48-30-40(36-19-11-4-12-20-36)28-46-42-26-38(34-15-7-2-8-16-34)22-24-50(42)56(52)54(46)48/h1-32H. The molecule has 0 saturated carbocycles. The van der Waals surface area contributed by atoms with Gasteiger partial charge < -0.3 is 8.80 Å². The molecule has 0 aliphatic carbocycles. The third-order valence-electron chi connectivity index (χ3n) is 12.3. The number of aromatic nitrogens is 2. The molecule has 4 aromatic heterocycles. The van der Waals surface area contributed by atoms with Crippen molar-refractivity contribution in [3.63, 3.8) is 0 Å². The summed E-state index contributed by atoms with van der Waals surface area (Å²) in [6.45, 7) is 0. The maximum Gasteiger partial charge on any atom is 0.0620 e. The number of rotatable bonds is 4. The van der Waals surface area contributed by atoms with Crippen LogP contribution in [0.3, 0.4) is 0 Å². The van der Waals surface area contributed by atoms with Crippen LogP contribution in [0.5, 0.6) is 0 Å². The van der Waals surface area contributed by atoms with E-state index in [0.717, 1.165) is 0 Å². The lowest BCUT2D eigenvalue weighted by Crippen LogP contribution is -1.84. The molecular formula is C54H32N2. The second-order valence-corrected chi connectivity index (χ2v) is 15.3. The Morgan fingerprint density at radius 2 is 0.482 bits per heavy atom. The first-order chi connectivity index (χ1) is 27.8. The van der Waals surface area contributed by atoms with E-state index in [2.05, 4.69) is 203 Å². The molecule has 13 aromatic rings. The van der Waals surface area contributed by atoms with E-state index in [1.807, 2.05) is 0 Å². The topological polar surface area (TPSA) is 8.82 Å². The van der Waals surface area contributed by atoms with Crippen LogP contribution in [0, 0.1) is 0 Å². The Morgan fingerprint density at radius 3 is 0.821 bits per heavy atom. The van der Waals surface area contributed by atoms with Gasteiger partial charge in [0.2, 0.25) is 0 Å². The summed E-state index contributed by atoms with van der Waals surface area (Å²) in [6, 6.07) is 71.9. The van der Waals surface area contributed by atoms with Gasteiger partial charge in [-0.3, -0.25) is 0 Å². The quantitative estimate of drug-likeness (QED) is 0.172. The lowest BCUT2D eigenvalue weighted by molar-refractivity contribution is 1.36. The fourth-order valence-electron chi connectivity index (χ4n) is 9.80. The SMILES string of the molecule is c1ccc(-c2ccc3c(c2)c2cc(-c4ccccc4)cc4c5cc6c(cc5n3c24)c2cc(-c3ccccc3)cc3c4cc(-c5ccccc5)ccc4n6c32)cc1. The first kappa shape index (κ1) is 30.0. The van der Waals surface area contributed by atoms with Crippen molar-refractivity contribution in [2.75, 3.05) is 0 Å². The lowest BCUT2D eigenvalue weighted by atomic mass is 9.97. The summed E-state index contributed by atoms with van der Waals surface area (Å²) < 4.78 is 5.07. The second kappa shape index (κ2) is 11.1. The van der Waals surface area contributed by atoms with Crippen LogP contribution in [-0.2, 0) is 0 Å². The molecule has 0 aliphatic heterocycles. The fraction of sp³-hybridized carbons (Fsp3) is 0. The maximum atomic E-state index is 2.54. The summed E-state index contributed by atoms with van der Waals surface area (Å²) in [7, 11) is 0. The Labute approximate surface area is 322 Å². The number of fused-ring (bicyclic) bond motifs is 12. The van der Waals surface area contributed by atoms with Gasteiger partial charge in [-0.1, -0.05) is 133 Å². The van der Waals surface area contributed by atoms with E-state index in [-0.39, 0.29) is 0 Å². The van der Waals surface area contributed by atoms with E-state index in [1.54, 1.807) is 0 Å². The zero-order valence-electron chi connectivity index (χ0n) is 30.4. The molecule has 4 heterocycles. The predicted octanol–water partition coefficient (Wildman–Crippen LogP) is 14.7. The highest BCUT2D eigenvalue weighted by molar-refractivity contribution is 6.30. The van der Waals surface area contributed by atoms with Crippen molar-refractivity contribution in [2.45, 2.75) is 0 Å². The molecule has 2 nitrogen and oxygen atoms in total. The third kappa shape index (κ3) is 4.05. The fourth-order valence-corrected chi connectivity index (χ4v) is 9.80. The molecule has 0 unspecified atom stereocenters. The van der Waals surface area contributed by atoms with Gasteiger partial charge in [0.15, 0.2) is 0 Å². The summed E-state index contributed by atoms with van der Waals surface area (Å²) >= 11 is 0. The number of benzene rings is 9. The average Bonchev–Trinajstić information content (AvgIpc) is 3.99. The molecule has 56 heavy (non-hydrogen) atoms. The van der Waals surface area contributed by atoms with Gasteiger partial charge >= 0.3 is 0 Å². The maximum absolute atomic E-state index is 2.54. The number of hydrogen-bond donors (Lipinski definition) is 0. The van der Waals surface area contributed by atoms with Crippen LogP contribution in [-0.4, -0.2) is 8.80 Å². The van der Waals surface area contributed by atoms with Gasteiger partial charge in [-0.15, -0.1) is 0 Å². The second-order valence-electron chi connectivity index (χ2n) is 15.3. The van der Waals surface area contributed by atoms with Crippen molar-refractivity contribution < 1.29 is 0 Å². The van der Waals surface area contributed by atoms with Gasteiger partial charge in [-0.05, 0) is 105 Å². The van der Waals surface area contributed by atoms with Crippen molar-refractivity contribution in [1.29, 1.82) is 0 Å². The van der Waals surface area contributed by atoms with Gasteiger partial charge in [0.05, 0.1) is 33.1 Å². The van der Waals surface area contributed by atoms with E-state index in [1.165, 1.54) is 121 Å². The Balaban J connectivity index is 1.18. The van der Waals surface area contributed by atoms with E-state index >= 15 is 0 Å². The highest BCUT2D eigenvalue weighted by Crippen LogP contribution is 2.47. The summed E-state index contributed by atoms with van der Waals surface area (Å²) in [5.41, 5.74) is 17.4. The first-order valence-electron chi connectivity index (χ1n) is 19.4. The van der Waals surface area contributed by atoms with Gasteiger partial charge in [0.25, 0.3) is 0 Å². The minimum atomic E-state index is 1.23. The molecule has 0 atom stereocenters. The van der Waals surface area contributed by atoms with Gasteiger partial charge in [-0.25, -0.2) is 0 Å². The predicted molar refractivity (Wildman–Crippen MR) is 238 cm³/mol. The molecule has 0 radical (unpaired) electrons. The van der Waals surface area contributed by atoms with E-state index in [9.17, 15) is 0 Å². The molecule has 0 fully saturated rings. The third-order valence-corrected chi connectivity index (χ3v) is 12.3. The number of nitrogens with zero attached hydrogens (tertiary/aromatic N) is 2. The highest BCUT2D eigenvalue weighted by Gasteiger charge is 2.24. The van der Waals surface area contributed by atoms with Crippen LogP contribution >= 0.6 is 0 Å². The van der Waals surface area contributed by atoms with Crippen molar-refractivity contribution in [3.05, 3.63) is 194 Å². The van der Waals surface area contributed by atoms with Crippen LogP contribution in [0.4, 0.5) is 0 Å². The normalized spacial score (nSPS) is 12.3. The van der Waals surface area contributed by atoms with Crippen molar-refractivity contribution in [2.24, 2.45) is 0 Å². The van der Waals surface area contributed by atoms with Crippen molar-refractivity contribution in [1.82, 2.24) is 8.80 Å². The molecule has 0 amide bonds. The summed E-state index contributed by atoms with van der Waals surface area (Å²) in [5, 5.41) is 10.3. The minimum absolute atomic E-state index is 1.23. The van der Waals surface area contributed by atoms with Crippen molar-refractivity contribution >= 4 is 76.2 Å². The highest BCUT2D eigenvalue weighted by atomic mass is 14.9. The van der Waals surface area contributed by atoms with Crippen molar-refractivity contribution in [3.8, 4) is 44.5 Å². The van der Waals surface area contributed by atoms with Crippen LogP contribution in [0.2, 0.25) is 0 Å². The van der Waals surface area contributed by atoms with E-state index in [0.29, 0.717) is 0 Å². The Bertz CT molecular complexity index is 3410.